The van der Waals surface area contributed by atoms with Gasteiger partial charge < -0.3 is 18.6 Å². The molecule has 3 heterocycles. The SMILES string of the molecule is CC(=O)O[C@H]1[C@H]2O[C@H](n3cc(Br)c(=O)[nH]c3=O)C[C@@]2(c2ccccc2)O[C@@H]1CO[Si](c1ccccc1)(c1ccccc1)C(C)(C)C. The standard InChI is InChI=1S/C35H37BrN2O7Si/c1-23(39)43-30-28(22-42-46(34(2,3)4,25-16-10-6-11-17-25)26-18-12-7-13-19-26)45-35(24-14-8-5-9-15-24)20-29(44-31(30)35)38-21-27(36)32(40)37-33(38)41/h5-19,21,28-31H,20,22H2,1-4H3,(H,37,40,41)/t28-,29+,30-,31-,35+/m1/s1. The van der Waals surface area contributed by atoms with Crippen LogP contribution in [-0.4, -0.2) is 48.8 Å². The molecule has 0 saturated carbocycles. The summed E-state index contributed by atoms with van der Waals surface area (Å²) < 4.78 is 28.3. The number of fused-ring (bicyclic) bond motifs is 1. The number of ether oxygens (including phenoxy) is 3. The van der Waals surface area contributed by atoms with Crippen LogP contribution in [0, 0.1) is 0 Å². The Labute approximate surface area is 276 Å². The number of halogens is 1. The second-order valence-corrected chi connectivity index (χ2v) is 18.0. The average molecular weight is 706 g/mol. The quantitative estimate of drug-likeness (QED) is 0.214. The third kappa shape index (κ3) is 5.64. The van der Waals surface area contributed by atoms with Gasteiger partial charge >= 0.3 is 11.7 Å². The first-order valence-electron chi connectivity index (χ1n) is 15.3. The molecule has 0 radical (unpaired) electrons. The van der Waals surface area contributed by atoms with E-state index < -0.39 is 55.7 Å². The number of aromatic amines is 1. The van der Waals surface area contributed by atoms with Crippen LogP contribution < -0.4 is 21.6 Å². The molecule has 46 heavy (non-hydrogen) atoms. The fraction of sp³-hybridized carbons (Fsp3) is 0.343. The molecule has 9 nitrogen and oxygen atoms in total. The van der Waals surface area contributed by atoms with Crippen LogP contribution in [0.15, 0.2) is 111 Å². The van der Waals surface area contributed by atoms with Crippen LogP contribution in [0.2, 0.25) is 5.04 Å². The van der Waals surface area contributed by atoms with Crippen molar-refractivity contribution in [2.75, 3.05) is 6.61 Å². The Morgan fingerprint density at radius 1 is 0.978 bits per heavy atom. The van der Waals surface area contributed by atoms with Gasteiger partial charge in [-0.2, -0.15) is 0 Å². The molecule has 2 saturated heterocycles. The van der Waals surface area contributed by atoms with Gasteiger partial charge in [-0.05, 0) is 36.9 Å². The Balaban J connectivity index is 1.42. The number of aromatic nitrogens is 2. The smallest absolute Gasteiger partial charge is 0.330 e. The minimum atomic E-state index is -2.96. The second-order valence-electron chi connectivity index (χ2n) is 12.8. The topological polar surface area (TPSA) is 109 Å². The molecule has 0 aliphatic carbocycles. The highest BCUT2D eigenvalue weighted by Crippen LogP contribution is 2.54. The number of H-pyrrole nitrogens is 1. The largest absolute Gasteiger partial charge is 0.457 e. The monoisotopic (exact) mass is 704 g/mol. The van der Waals surface area contributed by atoms with E-state index in [4.69, 9.17) is 18.6 Å². The van der Waals surface area contributed by atoms with Crippen molar-refractivity contribution < 1.29 is 23.4 Å². The molecule has 0 bridgehead atoms. The van der Waals surface area contributed by atoms with E-state index in [-0.39, 0.29) is 22.5 Å². The molecular weight excluding hydrogens is 668 g/mol. The van der Waals surface area contributed by atoms with Crippen molar-refractivity contribution in [3.8, 4) is 0 Å². The number of carbonyl (C=O) groups excluding carboxylic acids is 1. The number of carbonyl (C=O) groups is 1. The van der Waals surface area contributed by atoms with Crippen LogP contribution >= 0.6 is 15.9 Å². The lowest BCUT2D eigenvalue weighted by Crippen LogP contribution is -2.67. The number of benzene rings is 3. The van der Waals surface area contributed by atoms with Gasteiger partial charge in [0.25, 0.3) is 13.9 Å². The summed E-state index contributed by atoms with van der Waals surface area (Å²) in [4.78, 5) is 39.9. The Kier molecular flexibility index (Phi) is 8.81. The summed E-state index contributed by atoms with van der Waals surface area (Å²) in [5.74, 6) is -0.482. The molecule has 2 fully saturated rings. The lowest BCUT2D eigenvalue weighted by atomic mass is 9.86. The molecule has 3 aromatic carbocycles. The molecule has 0 spiro atoms. The van der Waals surface area contributed by atoms with Crippen molar-refractivity contribution in [3.63, 3.8) is 0 Å². The summed E-state index contributed by atoms with van der Waals surface area (Å²) in [5, 5.41) is 1.96. The van der Waals surface area contributed by atoms with Crippen LogP contribution in [0.25, 0.3) is 0 Å². The van der Waals surface area contributed by atoms with E-state index in [0.717, 1.165) is 15.9 Å². The van der Waals surface area contributed by atoms with Gasteiger partial charge in [0.15, 0.2) is 6.10 Å². The Morgan fingerprint density at radius 2 is 1.54 bits per heavy atom. The Bertz CT molecular complexity index is 1770. The molecule has 0 unspecified atom stereocenters. The molecule has 4 aromatic rings. The fourth-order valence-corrected chi connectivity index (χ4v) is 11.9. The van der Waals surface area contributed by atoms with Crippen LogP contribution in [-0.2, 0) is 29.0 Å². The van der Waals surface area contributed by atoms with Crippen LogP contribution in [0.5, 0.6) is 0 Å². The van der Waals surface area contributed by atoms with Gasteiger partial charge in [-0.15, -0.1) is 0 Å². The maximum absolute atomic E-state index is 12.9. The van der Waals surface area contributed by atoms with E-state index in [0.29, 0.717) is 0 Å². The average Bonchev–Trinajstić information content (AvgIpc) is 3.54. The molecule has 2 aliphatic heterocycles. The zero-order valence-corrected chi connectivity index (χ0v) is 28.7. The molecular formula is C35H37BrN2O7Si. The van der Waals surface area contributed by atoms with E-state index in [9.17, 15) is 14.4 Å². The number of rotatable bonds is 8. The molecule has 0 amide bonds. The van der Waals surface area contributed by atoms with Gasteiger partial charge in [-0.1, -0.05) is 112 Å². The van der Waals surface area contributed by atoms with E-state index in [1.54, 1.807) is 0 Å². The minimum absolute atomic E-state index is 0.133. The van der Waals surface area contributed by atoms with Gasteiger partial charge in [0.05, 0.1) is 11.1 Å². The summed E-state index contributed by atoms with van der Waals surface area (Å²) in [5.41, 5.74) is -1.40. The highest BCUT2D eigenvalue weighted by atomic mass is 79.9. The van der Waals surface area contributed by atoms with Gasteiger partial charge in [-0.25, -0.2) is 4.79 Å². The van der Waals surface area contributed by atoms with E-state index >= 15 is 0 Å². The summed E-state index contributed by atoms with van der Waals surface area (Å²) in [6.07, 6.45) is -1.46. The van der Waals surface area contributed by atoms with Crippen LogP contribution in [0.3, 0.4) is 0 Å². The summed E-state index contributed by atoms with van der Waals surface area (Å²) in [6.45, 7) is 8.09. The third-order valence-electron chi connectivity index (χ3n) is 8.95. The zero-order valence-electron chi connectivity index (χ0n) is 26.1. The molecule has 2 aliphatic rings. The normalized spacial score (nSPS) is 24.5. The van der Waals surface area contributed by atoms with Crippen molar-refractivity contribution in [1.29, 1.82) is 0 Å². The molecule has 240 valence electrons. The Morgan fingerprint density at radius 3 is 2.09 bits per heavy atom. The molecule has 5 atom stereocenters. The lowest BCUT2D eigenvalue weighted by molar-refractivity contribution is -0.159. The van der Waals surface area contributed by atoms with Crippen molar-refractivity contribution in [3.05, 3.63) is 128 Å². The van der Waals surface area contributed by atoms with Crippen LogP contribution in [0.4, 0.5) is 0 Å². The van der Waals surface area contributed by atoms with E-state index in [2.05, 4.69) is 66.0 Å². The number of hydrogen-bond donors (Lipinski definition) is 1. The van der Waals surface area contributed by atoms with Crippen molar-refractivity contribution in [2.24, 2.45) is 0 Å². The number of hydrogen-bond acceptors (Lipinski definition) is 7. The third-order valence-corrected chi connectivity index (χ3v) is 14.5. The zero-order chi connectivity index (χ0) is 32.7. The van der Waals surface area contributed by atoms with Gasteiger partial charge in [0.2, 0.25) is 0 Å². The van der Waals surface area contributed by atoms with Crippen molar-refractivity contribution >= 4 is 40.6 Å². The molecule has 6 rings (SSSR count). The minimum Gasteiger partial charge on any atom is -0.457 e. The first-order chi connectivity index (χ1) is 22.0. The van der Waals surface area contributed by atoms with E-state index in [1.807, 2.05) is 66.7 Å². The predicted molar refractivity (Wildman–Crippen MR) is 180 cm³/mol. The predicted octanol–water partition coefficient (Wildman–Crippen LogP) is 4.39. The second kappa shape index (κ2) is 12.5. The first kappa shape index (κ1) is 32.3. The fourth-order valence-electron chi connectivity index (χ4n) is 7.03. The maximum atomic E-state index is 12.9. The maximum Gasteiger partial charge on any atom is 0.330 e. The van der Waals surface area contributed by atoms with Crippen molar-refractivity contribution in [2.45, 2.75) is 69.3 Å². The Hall–Kier alpha value is -3.61. The summed E-state index contributed by atoms with van der Waals surface area (Å²) in [6, 6.07) is 30.2. The summed E-state index contributed by atoms with van der Waals surface area (Å²) in [7, 11) is -2.96. The van der Waals surface area contributed by atoms with Crippen LogP contribution in [0.1, 0.15) is 45.9 Å². The number of esters is 1. The van der Waals surface area contributed by atoms with E-state index in [1.165, 1.54) is 17.7 Å². The van der Waals surface area contributed by atoms with Gasteiger partial charge in [0, 0.05) is 19.5 Å². The first-order valence-corrected chi connectivity index (χ1v) is 18.0. The highest BCUT2D eigenvalue weighted by molar-refractivity contribution is 9.10. The number of nitrogens with zero attached hydrogens (tertiary/aromatic N) is 1. The lowest BCUT2D eigenvalue weighted by Gasteiger charge is -2.43. The van der Waals surface area contributed by atoms with Gasteiger partial charge in [-0.3, -0.25) is 19.1 Å². The molecule has 1 aromatic heterocycles. The molecule has 1 N–H and O–H groups in total. The number of nitrogens with one attached hydrogen (secondary N) is 1. The van der Waals surface area contributed by atoms with Gasteiger partial charge in [0.1, 0.15) is 24.0 Å². The molecule has 11 heteroatoms. The highest BCUT2D eigenvalue weighted by Gasteiger charge is 2.64. The summed E-state index contributed by atoms with van der Waals surface area (Å²) >= 11 is 3.22. The van der Waals surface area contributed by atoms with Crippen molar-refractivity contribution in [1.82, 2.24) is 9.55 Å².